The van der Waals surface area contributed by atoms with Crippen LogP contribution in [0.5, 0.6) is 0 Å². The summed E-state index contributed by atoms with van der Waals surface area (Å²) < 4.78 is 7.15. The molecule has 4 heterocycles. The van der Waals surface area contributed by atoms with Crippen molar-refractivity contribution in [1.82, 2.24) is 15.1 Å². The number of rotatable bonds is 7. The summed E-state index contributed by atoms with van der Waals surface area (Å²) in [6.07, 6.45) is 1.56. The Balaban J connectivity index is 1.52. The number of thioether (sulfide) groups is 1. The van der Waals surface area contributed by atoms with Crippen LogP contribution in [-0.2, 0) is 16.1 Å². The lowest BCUT2D eigenvalue weighted by molar-refractivity contribution is -0.123. The monoisotopic (exact) mass is 588 g/mol. The largest absolute Gasteiger partial charge is 0.467 e. The molecule has 0 saturated carbocycles. The molecule has 0 unspecified atom stereocenters. The number of aryl methyl sites for hydroxylation is 1. The second-order valence-corrected chi connectivity index (χ2v) is 11.9. The van der Waals surface area contributed by atoms with Gasteiger partial charge >= 0.3 is 0 Å². The van der Waals surface area contributed by atoms with Gasteiger partial charge in [-0.1, -0.05) is 47.5 Å². The van der Waals surface area contributed by atoms with Gasteiger partial charge in [-0.05, 0) is 54.8 Å². The van der Waals surface area contributed by atoms with Crippen LogP contribution in [0.3, 0.4) is 0 Å². The average Bonchev–Trinajstić information content (AvgIpc) is 3.73. The number of nitrogens with zero attached hydrogens (tertiary/aromatic N) is 3. The fraction of sp³-hybridized carbons (Fsp3) is 0.167. The molecule has 1 atom stereocenters. The zero-order chi connectivity index (χ0) is 27.6. The third-order valence-electron chi connectivity index (χ3n) is 6.63. The molecule has 0 fully saturated rings. The zero-order valence-electron chi connectivity index (χ0n) is 21.5. The van der Waals surface area contributed by atoms with Gasteiger partial charge in [0.25, 0.3) is 0 Å². The highest BCUT2D eigenvalue weighted by molar-refractivity contribution is 8.00. The molecule has 0 bridgehead atoms. The highest BCUT2D eigenvalue weighted by Gasteiger charge is 2.38. The molecule has 1 aliphatic rings. The fourth-order valence-corrected chi connectivity index (χ4v) is 6.97. The molecule has 202 valence electrons. The second-order valence-electron chi connectivity index (χ2n) is 9.38. The Hall–Kier alpha value is -3.79. The number of amides is 2. The molecule has 0 aliphatic carbocycles. The average molecular weight is 589 g/mol. The minimum atomic E-state index is -0.292. The zero-order valence-corrected chi connectivity index (χ0v) is 23.9. The number of fused-ring (bicyclic) bond motifs is 1. The van der Waals surface area contributed by atoms with E-state index in [1.807, 2.05) is 66.9 Å². The van der Waals surface area contributed by atoms with Crippen molar-refractivity contribution >= 4 is 52.3 Å². The molecule has 40 heavy (non-hydrogen) atoms. The predicted molar refractivity (Wildman–Crippen MR) is 160 cm³/mol. The van der Waals surface area contributed by atoms with Crippen LogP contribution in [0, 0.1) is 6.92 Å². The van der Waals surface area contributed by atoms with Crippen LogP contribution in [-0.4, -0.2) is 33.9 Å². The summed E-state index contributed by atoms with van der Waals surface area (Å²) in [5, 5.41) is 10.5. The fourth-order valence-electron chi connectivity index (χ4n) is 4.67. The minimum absolute atomic E-state index is 0.151. The molecule has 6 rings (SSSR count). The van der Waals surface area contributed by atoms with Crippen molar-refractivity contribution in [2.24, 2.45) is 0 Å². The highest BCUT2D eigenvalue weighted by Crippen LogP contribution is 2.49. The summed E-state index contributed by atoms with van der Waals surface area (Å²) in [5.41, 5.74) is 4.42. The first-order valence-corrected chi connectivity index (χ1v) is 15.0. The van der Waals surface area contributed by atoms with E-state index in [1.54, 1.807) is 51.1 Å². The lowest BCUT2D eigenvalue weighted by atomic mass is 10.0. The van der Waals surface area contributed by atoms with Crippen molar-refractivity contribution in [3.63, 3.8) is 0 Å². The molecule has 0 spiro atoms. The molecule has 1 N–H and O–H groups in total. The molecule has 7 nitrogen and oxygen atoms in total. The van der Waals surface area contributed by atoms with Gasteiger partial charge in [-0.25, -0.2) is 4.68 Å². The first-order chi connectivity index (χ1) is 19.5. The molecule has 0 saturated heterocycles. The van der Waals surface area contributed by atoms with E-state index >= 15 is 0 Å². The Labute approximate surface area is 244 Å². The van der Waals surface area contributed by atoms with E-state index in [2.05, 4.69) is 11.4 Å². The quantitative estimate of drug-likeness (QED) is 0.230. The summed E-state index contributed by atoms with van der Waals surface area (Å²) >= 11 is 9.42. The lowest BCUT2D eigenvalue weighted by Crippen LogP contribution is -2.42. The summed E-state index contributed by atoms with van der Waals surface area (Å²) in [7, 11) is 0. The number of aromatic nitrogens is 2. The van der Waals surface area contributed by atoms with E-state index in [9.17, 15) is 9.59 Å². The van der Waals surface area contributed by atoms with Crippen molar-refractivity contribution in [3.05, 3.63) is 111 Å². The maximum atomic E-state index is 13.7. The van der Waals surface area contributed by atoms with Gasteiger partial charge in [-0.15, -0.1) is 23.1 Å². The van der Waals surface area contributed by atoms with Crippen LogP contribution in [0.15, 0.2) is 88.9 Å². The molecule has 3 aromatic heterocycles. The number of furan rings is 1. The number of halogens is 1. The number of nitrogens with one attached hydrogen (secondary N) is 1. The number of carbonyl (C=O) groups is 2. The number of thiophene rings is 1. The van der Waals surface area contributed by atoms with Crippen LogP contribution in [0.1, 0.15) is 27.0 Å². The van der Waals surface area contributed by atoms with Crippen LogP contribution in [0.4, 0.5) is 5.82 Å². The first-order valence-electron chi connectivity index (χ1n) is 12.7. The third-order valence-corrected chi connectivity index (χ3v) is 9.20. The van der Waals surface area contributed by atoms with Crippen LogP contribution >= 0.6 is 34.7 Å². The number of benzene rings is 2. The normalized spacial score (nSPS) is 15.1. The van der Waals surface area contributed by atoms with Crippen molar-refractivity contribution < 1.29 is 14.0 Å². The Morgan fingerprint density at radius 2 is 1.90 bits per heavy atom. The number of hydrogen-bond acceptors (Lipinski definition) is 6. The Bertz CT molecular complexity index is 1630. The van der Waals surface area contributed by atoms with Crippen molar-refractivity contribution in [3.8, 4) is 16.9 Å². The molecule has 10 heteroatoms. The topological polar surface area (TPSA) is 80.4 Å². The molecule has 2 amide bonds. The molecular weight excluding hydrogens is 564 g/mol. The Morgan fingerprint density at radius 3 is 2.60 bits per heavy atom. The number of hydrogen-bond donors (Lipinski definition) is 1. The Morgan fingerprint density at radius 1 is 1.10 bits per heavy atom. The molecule has 0 radical (unpaired) electrons. The molecule has 1 aliphatic heterocycles. The summed E-state index contributed by atoms with van der Waals surface area (Å²) in [6.45, 7) is 2.11. The van der Waals surface area contributed by atoms with E-state index in [1.165, 1.54) is 0 Å². The van der Waals surface area contributed by atoms with E-state index in [-0.39, 0.29) is 35.9 Å². The SMILES string of the molecule is Cc1ccc(-n2nc(-c3ccc(Cl)cc3)c3c2N(CC(=O)NCc2ccco2)C(=O)CS[C@H]3c2cccs2)cc1. The van der Waals surface area contributed by atoms with Gasteiger partial charge in [0.15, 0.2) is 0 Å². The van der Waals surface area contributed by atoms with Gasteiger partial charge < -0.3 is 9.73 Å². The smallest absolute Gasteiger partial charge is 0.240 e. The van der Waals surface area contributed by atoms with Crippen molar-refractivity contribution in [2.45, 2.75) is 18.7 Å². The lowest BCUT2D eigenvalue weighted by Gasteiger charge is -2.23. The minimum Gasteiger partial charge on any atom is -0.467 e. The van der Waals surface area contributed by atoms with E-state index in [0.29, 0.717) is 16.6 Å². The van der Waals surface area contributed by atoms with Gasteiger partial charge in [0, 0.05) is 21.0 Å². The third kappa shape index (κ3) is 5.32. The highest BCUT2D eigenvalue weighted by atomic mass is 35.5. The summed E-state index contributed by atoms with van der Waals surface area (Å²) in [4.78, 5) is 29.6. The second kappa shape index (κ2) is 11.4. The van der Waals surface area contributed by atoms with Gasteiger partial charge in [0.2, 0.25) is 11.8 Å². The maximum absolute atomic E-state index is 13.7. The van der Waals surface area contributed by atoms with Crippen LogP contribution in [0.2, 0.25) is 5.02 Å². The first kappa shape index (κ1) is 26.4. The summed E-state index contributed by atoms with van der Waals surface area (Å²) in [6, 6.07) is 23.2. The number of carbonyl (C=O) groups excluding carboxylic acids is 2. The van der Waals surface area contributed by atoms with Gasteiger partial charge in [-0.3, -0.25) is 14.5 Å². The molecular formula is C30H25ClN4O3S2. The number of anilines is 1. The predicted octanol–water partition coefficient (Wildman–Crippen LogP) is 6.64. The Kier molecular flexibility index (Phi) is 7.51. The van der Waals surface area contributed by atoms with Gasteiger partial charge in [0.1, 0.15) is 18.1 Å². The van der Waals surface area contributed by atoms with E-state index < -0.39 is 0 Å². The molecule has 2 aromatic carbocycles. The molecule has 5 aromatic rings. The van der Waals surface area contributed by atoms with E-state index in [4.69, 9.17) is 21.1 Å². The maximum Gasteiger partial charge on any atom is 0.240 e. The van der Waals surface area contributed by atoms with Crippen molar-refractivity contribution in [1.29, 1.82) is 0 Å². The van der Waals surface area contributed by atoms with E-state index in [0.717, 1.165) is 32.9 Å². The van der Waals surface area contributed by atoms with Crippen LogP contribution < -0.4 is 10.2 Å². The summed E-state index contributed by atoms with van der Waals surface area (Å²) in [5.74, 6) is 1.00. The van der Waals surface area contributed by atoms with Gasteiger partial charge in [0.05, 0.1) is 35.2 Å². The van der Waals surface area contributed by atoms with Crippen LogP contribution in [0.25, 0.3) is 16.9 Å². The van der Waals surface area contributed by atoms with Gasteiger partial charge in [-0.2, -0.15) is 5.10 Å². The van der Waals surface area contributed by atoms with Crippen molar-refractivity contribution in [2.75, 3.05) is 17.2 Å². The standard InChI is InChI=1S/C30H25ClN4O3S2/c1-19-6-12-22(13-7-19)35-30-27(28(33-35)20-8-10-21(31)11-9-20)29(24-5-3-15-39-24)40-18-26(37)34(30)17-25(36)32-16-23-4-2-14-38-23/h2-15,29H,16-18H2,1H3,(H,32,36)/t29-/m0/s1.